The van der Waals surface area contributed by atoms with Crippen LogP contribution in [0.15, 0.2) is 0 Å². The van der Waals surface area contributed by atoms with E-state index in [1.54, 1.807) is 9.80 Å². The maximum Gasteiger partial charge on any atom is 0.410 e. The van der Waals surface area contributed by atoms with Crippen molar-refractivity contribution in [3.8, 4) is 6.19 Å². The van der Waals surface area contributed by atoms with Crippen molar-refractivity contribution in [2.75, 3.05) is 19.6 Å². The van der Waals surface area contributed by atoms with Crippen LogP contribution in [-0.4, -0.2) is 47.2 Å². The standard InChI is InChI=1S/C11H19N3O2/c1-9-7-13(8-12)5-6-14(9)10(15)16-11(2,3)4/h9H,5-7H2,1-4H3/t9-/m0/s1. The van der Waals surface area contributed by atoms with Crippen LogP contribution in [0, 0.1) is 11.5 Å². The number of hydrogen-bond acceptors (Lipinski definition) is 4. The molecule has 0 N–H and O–H groups in total. The highest BCUT2D eigenvalue weighted by molar-refractivity contribution is 5.68. The molecule has 0 aromatic carbocycles. The topological polar surface area (TPSA) is 56.6 Å². The van der Waals surface area contributed by atoms with Gasteiger partial charge in [0.15, 0.2) is 6.19 Å². The van der Waals surface area contributed by atoms with E-state index in [9.17, 15) is 4.79 Å². The molecule has 1 aliphatic rings. The Balaban J connectivity index is 2.56. The van der Waals surface area contributed by atoms with Gasteiger partial charge in [0.2, 0.25) is 0 Å². The van der Waals surface area contributed by atoms with Crippen LogP contribution >= 0.6 is 0 Å². The summed E-state index contributed by atoms with van der Waals surface area (Å²) in [5.41, 5.74) is -0.469. The van der Waals surface area contributed by atoms with Crippen molar-refractivity contribution in [2.45, 2.75) is 39.3 Å². The largest absolute Gasteiger partial charge is 0.444 e. The minimum Gasteiger partial charge on any atom is -0.444 e. The lowest BCUT2D eigenvalue weighted by Gasteiger charge is -2.38. The number of carbonyl (C=O) groups is 1. The number of ether oxygens (including phenoxy) is 1. The SMILES string of the molecule is C[C@H]1CN(C#N)CCN1C(=O)OC(C)(C)C. The Bertz CT molecular complexity index is 303. The molecule has 0 bridgehead atoms. The molecule has 16 heavy (non-hydrogen) atoms. The normalized spacial score (nSPS) is 21.6. The number of carbonyl (C=O) groups excluding carboxylic acids is 1. The Kier molecular flexibility index (Phi) is 3.63. The third-order valence-electron chi connectivity index (χ3n) is 2.40. The first-order chi connectivity index (χ1) is 7.33. The Morgan fingerprint density at radius 2 is 2.06 bits per heavy atom. The highest BCUT2D eigenvalue weighted by atomic mass is 16.6. The van der Waals surface area contributed by atoms with Gasteiger partial charge in [-0.1, -0.05) is 0 Å². The van der Waals surface area contributed by atoms with Crippen LogP contribution in [0.5, 0.6) is 0 Å². The minimum absolute atomic E-state index is 0.0169. The van der Waals surface area contributed by atoms with Gasteiger partial charge in [0.25, 0.3) is 0 Å². The zero-order valence-corrected chi connectivity index (χ0v) is 10.4. The molecule has 1 heterocycles. The number of nitriles is 1. The van der Waals surface area contributed by atoms with E-state index >= 15 is 0 Å². The summed E-state index contributed by atoms with van der Waals surface area (Å²) in [5, 5.41) is 8.76. The van der Waals surface area contributed by atoms with Crippen molar-refractivity contribution in [3.63, 3.8) is 0 Å². The van der Waals surface area contributed by atoms with Crippen molar-refractivity contribution in [2.24, 2.45) is 0 Å². The lowest BCUT2D eigenvalue weighted by atomic mass is 10.2. The molecule has 90 valence electrons. The molecule has 5 heteroatoms. The van der Waals surface area contributed by atoms with E-state index in [1.807, 2.05) is 27.7 Å². The van der Waals surface area contributed by atoms with Gasteiger partial charge in [-0.15, -0.1) is 0 Å². The van der Waals surface area contributed by atoms with Crippen LogP contribution < -0.4 is 0 Å². The van der Waals surface area contributed by atoms with Gasteiger partial charge >= 0.3 is 6.09 Å². The molecule has 1 rings (SSSR count). The zero-order chi connectivity index (χ0) is 12.3. The molecular weight excluding hydrogens is 206 g/mol. The number of hydrogen-bond donors (Lipinski definition) is 0. The minimum atomic E-state index is -0.469. The summed E-state index contributed by atoms with van der Waals surface area (Å²) in [5.74, 6) is 0. The predicted molar refractivity (Wildman–Crippen MR) is 59.6 cm³/mol. The molecule has 1 aliphatic heterocycles. The van der Waals surface area contributed by atoms with Gasteiger partial charge in [-0.05, 0) is 27.7 Å². The van der Waals surface area contributed by atoms with Crippen LogP contribution in [0.4, 0.5) is 4.79 Å². The van der Waals surface area contributed by atoms with Crippen molar-refractivity contribution in [1.82, 2.24) is 9.80 Å². The van der Waals surface area contributed by atoms with Crippen molar-refractivity contribution >= 4 is 6.09 Å². The monoisotopic (exact) mass is 225 g/mol. The van der Waals surface area contributed by atoms with Crippen LogP contribution in [-0.2, 0) is 4.74 Å². The quantitative estimate of drug-likeness (QED) is 0.585. The summed E-state index contributed by atoms with van der Waals surface area (Å²) in [6, 6.07) is 0.0169. The van der Waals surface area contributed by atoms with E-state index in [1.165, 1.54) is 0 Å². The molecule has 1 saturated heterocycles. The summed E-state index contributed by atoms with van der Waals surface area (Å²) in [7, 11) is 0. The number of piperazine rings is 1. The average Bonchev–Trinajstić information content (AvgIpc) is 2.14. The highest BCUT2D eigenvalue weighted by Gasteiger charge is 2.30. The first-order valence-electron chi connectivity index (χ1n) is 5.48. The molecule has 1 amide bonds. The van der Waals surface area contributed by atoms with Gasteiger partial charge in [-0.25, -0.2) is 4.79 Å². The summed E-state index contributed by atoms with van der Waals surface area (Å²) in [4.78, 5) is 15.2. The first kappa shape index (κ1) is 12.6. The van der Waals surface area contributed by atoms with Crippen LogP contribution in [0.2, 0.25) is 0 Å². The summed E-state index contributed by atoms with van der Waals surface area (Å²) < 4.78 is 5.30. The van der Waals surface area contributed by atoms with E-state index in [2.05, 4.69) is 6.19 Å². The number of amides is 1. The van der Waals surface area contributed by atoms with E-state index in [4.69, 9.17) is 10.00 Å². The first-order valence-corrected chi connectivity index (χ1v) is 5.48. The third kappa shape index (κ3) is 3.30. The fourth-order valence-electron chi connectivity index (χ4n) is 1.64. The van der Waals surface area contributed by atoms with Crippen LogP contribution in [0.1, 0.15) is 27.7 Å². The molecule has 0 aromatic heterocycles. The summed E-state index contributed by atoms with van der Waals surface area (Å²) in [6.07, 6.45) is 1.80. The number of nitrogens with zero attached hydrogens (tertiary/aromatic N) is 3. The average molecular weight is 225 g/mol. The van der Waals surface area contributed by atoms with E-state index < -0.39 is 5.60 Å². The second-order valence-corrected chi connectivity index (χ2v) is 5.07. The van der Waals surface area contributed by atoms with E-state index in [0.717, 1.165) is 0 Å². The predicted octanol–water partition coefficient (Wildman–Crippen LogP) is 1.41. The van der Waals surface area contributed by atoms with Crippen molar-refractivity contribution < 1.29 is 9.53 Å². The molecule has 1 atom stereocenters. The van der Waals surface area contributed by atoms with Crippen molar-refractivity contribution in [1.29, 1.82) is 5.26 Å². The fourth-order valence-corrected chi connectivity index (χ4v) is 1.64. The smallest absolute Gasteiger partial charge is 0.410 e. The molecule has 1 fully saturated rings. The maximum absolute atomic E-state index is 11.8. The molecule has 0 aliphatic carbocycles. The van der Waals surface area contributed by atoms with E-state index in [-0.39, 0.29) is 12.1 Å². The van der Waals surface area contributed by atoms with Gasteiger partial charge in [0.1, 0.15) is 5.60 Å². The Labute approximate surface area is 96.6 Å². The molecule has 0 saturated carbocycles. The Morgan fingerprint density at radius 1 is 1.44 bits per heavy atom. The van der Waals surface area contributed by atoms with Crippen LogP contribution in [0.3, 0.4) is 0 Å². The molecule has 0 radical (unpaired) electrons. The van der Waals surface area contributed by atoms with Gasteiger partial charge in [-0.3, -0.25) is 0 Å². The van der Waals surface area contributed by atoms with Crippen LogP contribution in [0.25, 0.3) is 0 Å². The maximum atomic E-state index is 11.8. The van der Waals surface area contributed by atoms with Crippen molar-refractivity contribution in [3.05, 3.63) is 0 Å². The van der Waals surface area contributed by atoms with Gasteiger partial charge < -0.3 is 14.5 Å². The molecule has 0 unspecified atom stereocenters. The fraction of sp³-hybridized carbons (Fsp3) is 0.818. The summed E-state index contributed by atoms with van der Waals surface area (Å²) in [6.45, 7) is 9.18. The van der Waals surface area contributed by atoms with Gasteiger partial charge in [-0.2, -0.15) is 5.26 Å². The Morgan fingerprint density at radius 3 is 2.50 bits per heavy atom. The second kappa shape index (κ2) is 4.60. The number of rotatable bonds is 0. The Hall–Kier alpha value is -1.44. The lowest BCUT2D eigenvalue weighted by Crippen LogP contribution is -2.53. The molecule has 0 aromatic rings. The van der Waals surface area contributed by atoms with Gasteiger partial charge in [0, 0.05) is 19.6 Å². The van der Waals surface area contributed by atoms with Gasteiger partial charge in [0.05, 0.1) is 6.04 Å². The zero-order valence-electron chi connectivity index (χ0n) is 10.4. The molecule has 5 nitrogen and oxygen atoms in total. The summed E-state index contributed by atoms with van der Waals surface area (Å²) >= 11 is 0. The molecular formula is C11H19N3O2. The molecule has 0 spiro atoms. The third-order valence-corrected chi connectivity index (χ3v) is 2.40. The lowest BCUT2D eigenvalue weighted by molar-refractivity contribution is 0.00678. The highest BCUT2D eigenvalue weighted by Crippen LogP contribution is 2.14. The van der Waals surface area contributed by atoms with E-state index in [0.29, 0.717) is 19.6 Å². The second-order valence-electron chi connectivity index (χ2n) is 5.07.